The number of hydrogen-bond acceptors (Lipinski definition) is 2. The highest BCUT2D eigenvalue weighted by Crippen LogP contribution is 2.10. The van der Waals surface area contributed by atoms with E-state index in [0.717, 1.165) is 37.9 Å². The van der Waals surface area contributed by atoms with Gasteiger partial charge < -0.3 is 10.6 Å². The second-order valence-electron chi connectivity index (χ2n) is 4.46. The third-order valence-corrected chi connectivity index (χ3v) is 3.12. The molecule has 0 aromatic heterocycles. The molecule has 1 atom stereocenters. The van der Waals surface area contributed by atoms with Crippen LogP contribution in [0.1, 0.15) is 29.6 Å². The Morgan fingerprint density at radius 1 is 1.42 bits per heavy atom. The van der Waals surface area contributed by atoms with Crippen molar-refractivity contribution in [3.05, 3.63) is 35.4 Å². The first-order valence-electron chi connectivity index (χ1n) is 6.13. The molecule has 2 N–H and O–H groups in total. The van der Waals surface area contributed by atoms with Crippen LogP contribution in [0.3, 0.4) is 0 Å². The molecule has 3 nitrogen and oxygen atoms in total. The molecule has 0 saturated carbocycles. The summed E-state index contributed by atoms with van der Waals surface area (Å²) in [7, 11) is 0. The molecule has 0 bridgehead atoms. The van der Waals surface area contributed by atoms with E-state index in [1.165, 1.54) is 0 Å². The molecule has 6 heteroatoms. The first-order valence-corrected chi connectivity index (χ1v) is 6.13. The van der Waals surface area contributed by atoms with Gasteiger partial charge in [0.05, 0.1) is 5.56 Å². The van der Waals surface area contributed by atoms with Crippen molar-refractivity contribution in [2.75, 3.05) is 13.1 Å². The van der Waals surface area contributed by atoms with E-state index < -0.39 is 17.5 Å². The molecule has 1 aliphatic rings. The van der Waals surface area contributed by atoms with E-state index in [1.807, 2.05) is 0 Å². The van der Waals surface area contributed by atoms with Crippen LogP contribution >= 0.6 is 12.4 Å². The number of halogens is 3. The van der Waals surface area contributed by atoms with E-state index in [1.54, 1.807) is 0 Å². The van der Waals surface area contributed by atoms with E-state index in [4.69, 9.17) is 0 Å². The summed E-state index contributed by atoms with van der Waals surface area (Å²) in [6.45, 7) is 1.51. The molecule has 1 heterocycles. The summed E-state index contributed by atoms with van der Waals surface area (Å²) in [5.41, 5.74) is -0.115. The van der Waals surface area contributed by atoms with Crippen LogP contribution in [0.5, 0.6) is 0 Å². The van der Waals surface area contributed by atoms with Crippen LogP contribution < -0.4 is 10.6 Å². The summed E-state index contributed by atoms with van der Waals surface area (Å²) >= 11 is 0. The van der Waals surface area contributed by atoms with Crippen molar-refractivity contribution in [1.82, 2.24) is 10.6 Å². The highest BCUT2D eigenvalue weighted by molar-refractivity contribution is 5.94. The molecule has 0 spiro atoms. The molecule has 1 fully saturated rings. The molecule has 1 amide bonds. The Kier molecular flexibility index (Phi) is 6.18. The third-order valence-electron chi connectivity index (χ3n) is 3.12. The zero-order valence-corrected chi connectivity index (χ0v) is 11.2. The van der Waals surface area contributed by atoms with E-state index >= 15 is 0 Å². The topological polar surface area (TPSA) is 41.1 Å². The SMILES string of the molecule is Cl.O=C(NCC[C@H]1CCCN1)c1ccc(F)cc1F. The fourth-order valence-corrected chi connectivity index (χ4v) is 2.13. The summed E-state index contributed by atoms with van der Waals surface area (Å²) in [4.78, 5) is 11.7. The van der Waals surface area contributed by atoms with Crippen LogP contribution in [-0.2, 0) is 0 Å². The summed E-state index contributed by atoms with van der Waals surface area (Å²) in [5, 5.41) is 5.96. The number of nitrogens with one attached hydrogen (secondary N) is 2. The molecule has 19 heavy (non-hydrogen) atoms. The van der Waals surface area contributed by atoms with Crippen molar-refractivity contribution < 1.29 is 13.6 Å². The summed E-state index contributed by atoms with van der Waals surface area (Å²) in [5.74, 6) is -2.00. The van der Waals surface area contributed by atoms with Gasteiger partial charge in [-0.2, -0.15) is 0 Å². The van der Waals surface area contributed by atoms with Gasteiger partial charge in [-0.1, -0.05) is 0 Å². The molecular formula is C13H17ClF2N2O. The minimum Gasteiger partial charge on any atom is -0.352 e. The Morgan fingerprint density at radius 2 is 2.21 bits per heavy atom. The molecule has 1 aromatic carbocycles. The molecule has 0 radical (unpaired) electrons. The lowest BCUT2D eigenvalue weighted by atomic mass is 10.1. The maximum absolute atomic E-state index is 13.3. The number of carbonyl (C=O) groups excluding carboxylic acids is 1. The minimum absolute atomic E-state index is 0. The number of amides is 1. The Bertz CT molecular complexity index is 437. The fourth-order valence-electron chi connectivity index (χ4n) is 2.13. The molecule has 1 saturated heterocycles. The average Bonchev–Trinajstić information content (AvgIpc) is 2.81. The van der Waals surface area contributed by atoms with Gasteiger partial charge in [0, 0.05) is 18.7 Å². The zero-order chi connectivity index (χ0) is 13.0. The predicted molar refractivity (Wildman–Crippen MR) is 71.6 cm³/mol. The number of benzene rings is 1. The average molecular weight is 291 g/mol. The van der Waals surface area contributed by atoms with E-state index in [0.29, 0.717) is 18.7 Å². The Labute approximate surface area is 117 Å². The summed E-state index contributed by atoms with van der Waals surface area (Å²) in [6, 6.07) is 3.39. The summed E-state index contributed by atoms with van der Waals surface area (Å²) in [6.07, 6.45) is 3.10. The standard InChI is InChI=1S/C13H16F2N2O.ClH/c14-9-3-4-11(12(15)8-9)13(18)17-7-5-10-2-1-6-16-10;/h3-4,8,10,16H,1-2,5-7H2,(H,17,18);1H/t10-;/m1./s1. The largest absolute Gasteiger partial charge is 0.352 e. The van der Waals surface area contributed by atoms with Gasteiger partial charge in [0.1, 0.15) is 11.6 Å². The van der Waals surface area contributed by atoms with Crippen LogP contribution in [0, 0.1) is 11.6 Å². The molecule has 0 aliphatic carbocycles. The lowest BCUT2D eigenvalue weighted by Crippen LogP contribution is -2.31. The van der Waals surface area contributed by atoms with Crippen molar-refractivity contribution in [3.8, 4) is 0 Å². The van der Waals surface area contributed by atoms with E-state index in [-0.39, 0.29) is 18.0 Å². The molecule has 1 aliphatic heterocycles. The number of rotatable bonds is 4. The third kappa shape index (κ3) is 4.44. The molecule has 106 valence electrons. The second-order valence-corrected chi connectivity index (χ2v) is 4.46. The minimum atomic E-state index is -0.827. The van der Waals surface area contributed by atoms with Crippen molar-refractivity contribution in [2.45, 2.75) is 25.3 Å². The molecule has 0 unspecified atom stereocenters. The maximum Gasteiger partial charge on any atom is 0.254 e. The number of hydrogen-bond donors (Lipinski definition) is 2. The molecule has 1 aromatic rings. The van der Waals surface area contributed by atoms with Crippen LogP contribution in [0.25, 0.3) is 0 Å². The van der Waals surface area contributed by atoms with Crippen molar-refractivity contribution in [3.63, 3.8) is 0 Å². The molecule has 2 rings (SSSR count). The summed E-state index contributed by atoms with van der Waals surface area (Å²) < 4.78 is 26.0. The quantitative estimate of drug-likeness (QED) is 0.893. The highest BCUT2D eigenvalue weighted by Gasteiger charge is 2.15. The monoisotopic (exact) mass is 290 g/mol. The fraction of sp³-hybridized carbons (Fsp3) is 0.462. The van der Waals surface area contributed by atoms with Crippen LogP contribution in [0.4, 0.5) is 8.78 Å². The van der Waals surface area contributed by atoms with Gasteiger partial charge in [-0.15, -0.1) is 12.4 Å². The van der Waals surface area contributed by atoms with Crippen LogP contribution in [0.15, 0.2) is 18.2 Å². The van der Waals surface area contributed by atoms with Crippen molar-refractivity contribution >= 4 is 18.3 Å². The van der Waals surface area contributed by atoms with Crippen molar-refractivity contribution in [1.29, 1.82) is 0 Å². The van der Waals surface area contributed by atoms with Crippen molar-refractivity contribution in [2.24, 2.45) is 0 Å². The predicted octanol–water partition coefficient (Wildman–Crippen LogP) is 2.26. The van der Waals surface area contributed by atoms with Gasteiger partial charge in [-0.3, -0.25) is 4.79 Å². The van der Waals surface area contributed by atoms with Gasteiger partial charge in [-0.05, 0) is 37.9 Å². The smallest absolute Gasteiger partial charge is 0.254 e. The van der Waals surface area contributed by atoms with Gasteiger partial charge in [0.15, 0.2) is 0 Å². The maximum atomic E-state index is 13.3. The Hall–Kier alpha value is -1.20. The highest BCUT2D eigenvalue weighted by atomic mass is 35.5. The normalized spacial score (nSPS) is 17.9. The van der Waals surface area contributed by atoms with Gasteiger partial charge in [0.2, 0.25) is 0 Å². The Morgan fingerprint density at radius 3 is 2.84 bits per heavy atom. The van der Waals surface area contributed by atoms with E-state index in [9.17, 15) is 13.6 Å². The first kappa shape index (κ1) is 15.9. The second kappa shape index (κ2) is 7.40. The van der Waals surface area contributed by atoms with Gasteiger partial charge >= 0.3 is 0 Å². The van der Waals surface area contributed by atoms with Gasteiger partial charge in [-0.25, -0.2) is 8.78 Å². The van der Waals surface area contributed by atoms with Crippen LogP contribution in [-0.4, -0.2) is 25.0 Å². The Balaban J connectivity index is 0.00000180. The lowest BCUT2D eigenvalue weighted by Gasteiger charge is -2.11. The van der Waals surface area contributed by atoms with Gasteiger partial charge in [0.25, 0.3) is 5.91 Å². The first-order chi connectivity index (χ1) is 8.66. The molecular weight excluding hydrogens is 274 g/mol. The lowest BCUT2D eigenvalue weighted by molar-refractivity contribution is 0.0948. The van der Waals surface area contributed by atoms with Crippen LogP contribution in [0.2, 0.25) is 0 Å². The number of carbonyl (C=O) groups is 1. The zero-order valence-electron chi connectivity index (χ0n) is 10.4. The van der Waals surface area contributed by atoms with E-state index in [2.05, 4.69) is 10.6 Å².